The van der Waals surface area contributed by atoms with E-state index in [1.165, 1.54) is 12.3 Å². The van der Waals surface area contributed by atoms with Gasteiger partial charge in [0, 0.05) is 19.3 Å². The summed E-state index contributed by atoms with van der Waals surface area (Å²) in [5, 5.41) is 0. The number of carbonyl (C=O) groups is 1. The molecule has 5 heteroatoms. The minimum Gasteiger partial charge on any atom is -0.339 e. The van der Waals surface area contributed by atoms with Crippen molar-refractivity contribution < 1.29 is 9.18 Å². The van der Waals surface area contributed by atoms with Crippen molar-refractivity contribution in [3.63, 3.8) is 0 Å². The SMILES string of the molecule is CCN(CCCN(C)C)C(=O)c1ccncc1F. The van der Waals surface area contributed by atoms with Crippen LogP contribution in [0, 0.1) is 5.82 Å². The molecule has 0 aliphatic rings. The first-order valence-electron chi connectivity index (χ1n) is 6.09. The lowest BCUT2D eigenvalue weighted by atomic mass is 10.2. The highest BCUT2D eigenvalue weighted by atomic mass is 19.1. The van der Waals surface area contributed by atoms with E-state index in [1.54, 1.807) is 4.90 Å². The lowest BCUT2D eigenvalue weighted by Gasteiger charge is -2.22. The van der Waals surface area contributed by atoms with Crippen molar-refractivity contribution in [1.29, 1.82) is 0 Å². The number of halogens is 1. The van der Waals surface area contributed by atoms with Crippen molar-refractivity contribution in [2.45, 2.75) is 13.3 Å². The third-order valence-electron chi connectivity index (χ3n) is 2.71. The lowest BCUT2D eigenvalue weighted by Crippen LogP contribution is -2.33. The van der Waals surface area contributed by atoms with Crippen molar-refractivity contribution >= 4 is 5.91 Å². The van der Waals surface area contributed by atoms with Gasteiger partial charge >= 0.3 is 0 Å². The van der Waals surface area contributed by atoms with Gasteiger partial charge in [-0.15, -0.1) is 0 Å². The van der Waals surface area contributed by atoms with E-state index in [-0.39, 0.29) is 11.5 Å². The summed E-state index contributed by atoms with van der Waals surface area (Å²) in [5.41, 5.74) is 0.0942. The Kier molecular flexibility index (Phi) is 5.71. The van der Waals surface area contributed by atoms with Crippen LogP contribution in [-0.4, -0.2) is 54.4 Å². The first kappa shape index (κ1) is 14.6. The Morgan fingerprint density at radius 1 is 1.39 bits per heavy atom. The minimum atomic E-state index is -0.562. The normalized spacial score (nSPS) is 10.7. The Hall–Kier alpha value is -1.49. The topological polar surface area (TPSA) is 36.4 Å². The van der Waals surface area contributed by atoms with Crippen molar-refractivity contribution in [3.05, 3.63) is 29.8 Å². The Bertz CT molecular complexity index is 396. The number of carbonyl (C=O) groups excluding carboxylic acids is 1. The van der Waals surface area contributed by atoms with Crippen molar-refractivity contribution in [2.75, 3.05) is 33.7 Å². The Balaban J connectivity index is 2.65. The highest BCUT2D eigenvalue weighted by molar-refractivity contribution is 5.94. The van der Waals surface area contributed by atoms with Crippen molar-refractivity contribution in [2.24, 2.45) is 0 Å². The summed E-state index contributed by atoms with van der Waals surface area (Å²) in [4.78, 5) is 19.5. The third kappa shape index (κ3) is 4.07. The van der Waals surface area contributed by atoms with Crippen molar-refractivity contribution in [3.8, 4) is 0 Å². The van der Waals surface area contributed by atoms with Gasteiger partial charge in [-0.1, -0.05) is 0 Å². The van der Waals surface area contributed by atoms with Gasteiger partial charge in [0.25, 0.3) is 5.91 Å². The van der Waals surface area contributed by atoms with Crippen LogP contribution in [0.4, 0.5) is 4.39 Å². The molecule has 0 spiro atoms. The van der Waals surface area contributed by atoms with Crippen LogP contribution in [0.5, 0.6) is 0 Å². The predicted molar refractivity (Wildman–Crippen MR) is 68.9 cm³/mol. The van der Waals surface area contributed by atoms with Crippen LogP contribution >= 0.6 is 0 Å². The molecule has 0 aliphatic carbocycles. The molecule has 18 heavy (non-hydrogen) atoms. The van der Waals surface area contributed by atoms with E-state index in [4.69, 9.17) is 0 Å². The van der Waals surface area contributed by atoms with E-state index in [2.05, 4.69) is 9.88 Å². The molecule has 0 atom stereocenters. The van der Waals surface area contributed by atoms with Gasteiger partial charge in [0.15, 0.2) is 5.82 Å². The zero-order chi connectivity index (χ0) is 13.5. The average Bonchev–Trinajstić information content (AvgIpc) is 2.34. The third-order valence-corrected chi connectivity index (χ3v) is 2.71. The van der Waals surface area contributed by atoms with Gasteiger partial charge in [-0.3, -0.25) is 9.78 Å². The smallest absolute Gasteiger partial charge is 0.256 e. The maximum atomic E-state index is 13.5. The average molecular weight is 253 g/mol. The number of amides is 1. The van der Waals surface area contributed by atoms with Gasteiger partial charge < -0.3 is 9.80 Å². The second-order valence-electron chi connectivity index (χ2n) is 4.40. The molecule has 0 unspecified atom stereocenters. The van der Waals surface area contributed by atoms with E-state index < -0.39 is 5.82 Å². The molecule has 0 bridgehead atoms. The predicted octanol–water partition coefficient (Wildman–Crippen LogP) is 1.63. The van der Waals surface area contributed by atoms with Crippen molar-refractivity contribution in [1.82, 2.24) is 14.8 Å². The molecular formula is C13H20FN3O. The Morgan fingerprint density at radius 2 is 2.11 bits per heavy atom. The van der Waals surface area contributed by atoms with Crippen LogP contribution in [0.25, 0.3) is 0 Å². The molecule has 0 N–H and O–H groups in total. The summed E-state index contributed by atoms with van der Waals surface area (Å²) < 4.78 is 13.5. The van der Waals surface area contributed by atoms with Crippen LogP contribution in [0.2, 0.25) is 0 Å². The summed E-state index contributed by atoms with van der Waals surface area (Å²) in [6.45, 7) is 4.01. The molecule has 0 saturated carbocycles. The fourth-order valence-electron chi connectivity index (χ4n) is 1.70. The first-order chi connectivity index (χ1) is 8.56. The molecular weight excluding hydrogens is 233 g/mol. The fourth-order valence-corrected chi connectivity index (χ4v) is 1.70. The second-order valence-corrected chi connectivity index (χ2v) is 4.40. The molecule has 0 radical (unpaired) electrons. The van der Waals surface area contributed by atoms with Crippen LogP contribution in [0.3, 0.4) is 0 Å². The van der Waals surface area contributed by atoms with E-state index in [1.807, 2.05) is 21.0 Å². The summed E-state index contributed by atoms with van der Waals surface area (Å²) in [5.74, 6) is -0.829. The zero-order valence-corrected chi connectivity index (χ0v) is 11.2. The van der Waals surface area contributed by atoms with Crippen LogP contribution in [0.1, 0.15) is 23.7 Å². The van der Waals surface area contributed by atoms with E-state index in [0.717, 1.165) is 19.2 Å². The van der Waals surface area contributed by atoms with Gasteiger partial charge in [0.05, 0.1) is 11.8 Å². The van der Waals surface area contributed by atoms with Gasteiger partial charge in [0.2, 0.25) is 0 Å². The van der Waals surface area contributed by atoms with Crippen LogP contribution in [-0.2, 0) is 0 Å². The van der Waals surface area contributed by atoms with E-state index in [0.29, 0.717) is 13.1 Å². The number of rotatable bonds is 6. The highest BCUT2D eigenvalue weighted by Crippen LogP contribution is 2.09. The number of hydrogen-bond acceptors (Lipinski definition) is 3. The molecule has 4 nitrogen and oxygen atoms in total. The Labute approximate surface area is 107 Å². The zero-order valence-electron chi connectivity index (χ0n) is 11.2. The fraction of sp³-hybridized carbons (Fsp3) is 0.538. The van der Waals surface area contributed by atoms with Gasteiger partial charge in [0.1, 0.15) is 0 Å². The minimum absolute atomic E-state index is 0.0942. The monoisotopic (exact) mass is 253 g/mol. The molecule has 0 fully saturated rings. The van der Waals surface area contributed by atoms with Gasteiger partial charge in [-0.25, -0.2) is 4.39 Å². The molecule has 100 valence electrons. The number of nitrogens with zero attached hydrogens (tertiary/aromatic N) is 3. The summed E-state index contributed by atoms with van der Waals surface area (Å²) in [6.07, 6.45) is 3.38. The molecule has 1 aromatic rings. The standard InChI is InChI=1S/C13H20FN3O/c1-4-17(9-5-8-16(2)3)13(18)11-6-7-15-10-12(11)14/h6-7,10H,4-5,8-9H2,1-3H3. The molecule has 1 aromatic heterocycles. The lowest BCUT2D eigenvalue weighted by molar-refractivity contribution is 0.0754. The summed E-state index contributed by atoms with van der Waals surface area (Å²) in [7, 11) is 3.97. The van der Waals surface area contributed by atoms with Gasteiger partial charge in [-0.05, 0) is 40.1 Å². The number of pyridine rings is 1. The number of aromatic nitrogens is 1. The molecule has 1 heterocycles. The molecule has 0 aliphatic heterocycles. The maximum absolute atomic E-state index is 13.5. The van der Waals surface area contributed by atoms with Crippen LogP contribution < -0.4 is 0 Å². The number of hydrogen-bond donors (Lipinski definition) is 0. The Morgan fingerprint density at radius 3 is 2.67 bits per heavy atom. The molecule has 1 amide bonds. The first-order valence-corrected chi connectivity index (χ1v) is 6.09. The van der Waals surface area contributed by atoms with Gasteiger partial charge in [-0.2, -0.15) is 0 Å². The highest BCUT2D eigenvalue weighted by Gasteiger charge is 2.17. The quantitative estimate of drug-likeness (QED) is 0.773. The molecule has 1 rings (SSSR count). The molecule has 0 aromatic carbocycles. The second kappa shape index (κ2) is 7.06. The molecule has 0 saturated heterocycles. The largest absolute Gasteiger partial charge is 0.339 e. The maximum Gasteiger partial charge on any atom is 0.256 e. The van der Waals surface area contributed by atoms with Crippen LogP contribution in [0.15, 0.2) is 18.5 Å². The van der Waals surface area contributed by atoms with E-state index >= 15 is 0 Å². The van der Waals surface area contributed by atoms with E-state index in [9.17, 15) is 9.18 Å². The summed E-state index contributed by atoms with van der Waals surface area (Å²) >= 11 is 0. The summed E-state index contributed by atoms with van der Waals surface area (Å²) in [6, 6.07) is 1.42.